The van der Waals surface area contributed by atoms with Crippen molar-refractivity contribution in [2.75, 3.05) is 6.54 Å². The fraction of sp³-hybridized carbons (Fsp3) is 0.889. The third kappa shape index (κ3) is 8.11. The lowest BCUT2D eigenvalue weighted by Crippen LogP contribution is -2.37. The zero-order chi connectivity index (χ0) is 12.1. The van der Waals surface area contributed by atoms with Gasteiger partial charge in [-0.15, -0.1) is 0 Å². The topological polar surface area (TPSA) is 64.3 Å². The van der Waals surface area contributed by atoms with Crippen molar-refractivity contribution in [3.8, 4) is 0 Å². The highest BCUT2D eigenvalue weighted by Gasteiger charge is 2.17. The molecule has 1 atom stereocenters. The van der Waals surface area contributed by atoms with Crippen LogP contribution in [0, 0.1) is 0 Å². The number of amides is 1. The fourth-order valence-electron chi connectivity index (χ4n) is 0.781. The van der Waals surface area contributed by atoms with Crippen LogP contribution in [0.5, 0.6) is 0 Å². The van der Waals surface area contributed by atoms with Gasteiger partial charge in [-0.05, 0) is 27.2 Å². The van der Waals surface area contributed by atoms with Crippen LogP contribution in [0.25, 0.3) is 0 Å². The summed E-state index contributed by atoms with van der Waals surface area (Å²) in [5, 5.41) is 2.35. The molecule has 0 saturated carbocycles. The Kier molecular flexibility index (Phi) is 5.49. The first-order chi connectivity index (χ1) is 6.72. The quantitative estimate of drug-likeness (QED) is 0.760. The first-order valence-electron chi connectivity index (χ1n) is 4.73. The maximum atomic E-state index is 12.0. The van der Waals surface area contributed by atoms with Gasteiger partial charge in [0.05, 0.1) is 6.04 Å². The summed E-state index contributed by atoms with van der Waals surface area (Å²) in [7, 11) is 0. The minimum Gasteiger partial charge on any atom is -0.444 e. The number of hydrogen-bond donors (Lipinski definition) is 2. The van der Waals surface area contributed by atoms with Gasteiger partial charge in [0.1, 0.15) is 5.60 Å². The van der Waals surface area contributed by atoms with Gasteiger partial charge in [0.2, 0.25) is 0 Å². The van der Waals surface area contributed by atoms with E-state index in [1.54, 1.807) is 20.8 Å². The molecule has 1 amide bonds. The van der Waals surface area contributed by atoms with Gasteiger partial charge in [-0.2, -0.15) is 0 Å². The molecule has 90 valence electrons. The molecular formula is C9H18F2N2O2. The van der Waals surface area contributed by atoms with Crippen LogP contribution in [0.1, 0.15) is 27.2 Å². The molecule has 0 aliphatic rings. The fourth-order valence-corrected chi connectivity index (χ4v) is 0.781. The molecule has 0 aliphatic heterocycles. The minimum absolute atomic E-state index is 0.0247. The highest BCUT2D eigenvalue weighted by atomic mass is 19.3. The zero-order valence-corrected chi connectivity index (χ0v) is 9.22. The molecule has 15 heavy (non-hydrogen) atoms. The van der Waals surface area contributed by atoms with E-state index in [2.05, 4.69) is 5.32 Å². The number of rotatable bonds is 4. The normalized spacial score (nSPS) is 13.8. The lowest BCUT2D eigenvalue weighted by molar-refractivity contribution is 0.0517. The molecule has 0 fully saturated rings. The van der Waals surface area contributed by atoms with Crippen molar-refractivity contribution in [2.24, 2.45) is 5.73 Å². The molecule has 0 aromatic carbocycles. The monoisotopic (exact) mass is 224 g/mol. The lowest BCUT2D eigenvalue weighted by Gasteiger charge is -2.20. The van der Waals surface area contributed by atoms with E-state index in [0.29, 0.717) is 0 Å². The summed E-state index contributed by atoms with van der Waals surface area (Å²) in [6, 6.07) is -1.21. The highest BCUT2D eigenvalue weighted by molar-refractivity contribution is 5.67. The molecule has 0 aromatic heterocycles. The molecule has 3 N–H and O–H groups in total. The summed E-state index contributed by atoms with van der Waals surface area (Å²) >= 11 is 0. The second kappa shape index (κ2) is 5.85. The third-order valence-electron chi connectivity index (χ3n) is 1.47. The van der Waals surface area contributed by atoms with Gasteiger partial charge in [-0.3, -0.25) is 0 Å². The predicted octanol–water partition coefficient (Wildman–Crippen LogP) is 1.49. The average molecular weight is 224 g/mol. The van der Waals surface area contributed by atoms with E-state index in [9.17, 15) is 13.6 Å². The number of carbonyl (C=O) groups excluding carboxylic acids is 1. The number of nitrogens with two attached hydrogens (primary N) is 1. The predicted molar refractivity (Wildman–Crippen MR) is 52.8 cm³/mol. The van der Waals surface area contributed by atoms with E-state index in [0.717, 1.165) is 0 Å². The Balaban J connectivity index is 3.65. The van der Waals surface area contributed by atoms with Crippen LogP contribution in [-0.4, -0.2) is 30.7 Å². The maximum absolute atomic E-state index is 12.0. The molecule has 0 saturated heterocycles. The number of hydrogen-bond acceptors (Lipinski definition) is 3. The first-order valence-corrected chi connectivity index (χ1v) is 4.73. The Morgan fingerprint density at radius 1 is 1.47 bits per heavy atom. The van der Waals surface area contributed by atoms with Crippen LogP contribution in [0.4, 0.5) is 13.6 Å². The molecule has 0 bridgehead atoms. The number of nitrogens with one attached hydrogen (secondary N) is 1. The van der Waals surface area contributed by atoms with Crippen molar-refractivity contribution in [1.29, 1.82) is 0 Å². The van der Waals surface area contributed by atoms with Crippen molar-refractivity contribution in [3.05, 3.63) is 0 Å². The molecule has 0 heterocycles. The van der Waals surface area contributed by atoms with Crippen LogP contribution < -0.4 is 11.1 Å². The lowest BCUT2D eigenvalue weighted by atomic mass is 10.2. The average Bonchev–Trinajstić information content (AvgIpc) is 2.00. The SMILES string of the molecule is CC(C)(C)OC(=O)NCCC(N)C(F)F. The van der Waals surface area contributed by atoms with Crippen LogP contribution in [-0.2, 0) is 4.74 Å². The number of alkyl carbamates (subject to hydrolysis) is 1. The van der Waals surface area contributed by atoms with E-state index in [1.165, 1.54) is 0 Å². The van der Waals surface area contributed by atoms with E-state index in [1.807, 2.05) is 0 Å². The number of alkyl halides is 2. The summed E-state index contributed by atoms with van der Waals surface area (Å²) in [4.78, 5) is 11.0. The maximum Gasteiger partial charge on any atom is 0.407 e. The summed E-state index contributed by atoms with van der Waals surface area (Å²) < 4.78 is 28.8. The summed E-state index contributed by atoms with van der Waals surface area (Å²) in [5.74, 6) is 0. The molecule has 1 unspecified atom stereocenters. The Bertz CT molecular complexity index is 205. The minimum atomic E-state index is -2.56. The van der Waals surface area contributed by atoms with E-state index in [4.69, 9.17) is 10.5 Å². The van der Waals surface area contributed by atoms with Crippen LogP contribution in [0.15, 0.2) is 0 Å². The largest absolute Gasteiger partial charge is 0.444 e. The summed E-state index contributed by atoms with van der Waals surface area (Å²) in [6.07, 6.45) is -3.16. The highest BCUT2D eigenvalue weighted by Crippen LogP contribution is 2.06. The van der Waals surface area contributed by atoms with Crippen LogP contribution >= 0.6 is 0 Å². The van der Waals surface area contributed by atoms with Gasteiger partial charge in [0.25, 0.3) is 6.43 Å². The van der Waals surface area contributed by atoms with Crippen molar-refractivity contribution in [2.45, 2.75) is 45.3 Å². The molecule has 0 spiro atoms. The van der Waals surface area contributed by atoms with Crippen molar-refractivity contribution in [3.63, 3.8) is 0 Å². The van der Waals surface area contributed by atoms with Crippen LogP contribution in [0.2, 0.25) is 0 Å². The van der Waals surface area contributed by atoms with Crippen LogP contribution in [0.3, 0.4) is 0 Å². The van der Waals surface area contributed by atoms with Crippen molar-refractivity contribution < 1.29 is 18.3 Å². The Labute approximate surface area is 88.2 Å². The zero-order valence-electron chi connectivity index (χ0n) is 9.22. The second-order valence-corrected chi connectivity index (χ2v) is 4.22. The van der Waals surface area contributed by atoms with E-state index >= 15 is 0 Å². The molecule has 0 radical (unpaired) electrons. The van der Waals surface area contributed by atoms with E-state index < -0.39 is 24.2 Å². The Morgan fingerprint density at radius 3 is 2.40 bits per heavy atom. The van der Waals surface area contributed by atoms with Crippen molar-refractivity contribution >= 4 is 6.09 Å². The van der Waals surface area contributed by atoms with Gasteiger partial charge in [0, 0.05) is 6.54 Å². The Morgan fingerprint density at radius 2 is 2.00 bits per heavy atom. The van der Waals surface area contributed by atoms with Gasteiger partial charge >= 0.3 is 6.09 Å². The summed E-state index contributed by atoms with van der Waals surface area (Å²) in [6.45, 7) is 5.24. The molecule has 0 aromatic rings. The van der Waals surface area contributed by atoms with Gasteiger partial charge < -0.3 is 15.8 Å². The smallest absolute Gasteiger partial charge is 0.407 e. The molecular weight excluding hydrogens is 206 g/mol. The molecule has 4 nitrogen and oxygen atoms in total. The standard InChI is InChI=1S/C9H18F2N2O2/c1-9(2,3)15-8(14)13-5-4-6(12)7(10)11/h6-7H,4-5,12H2,1-3H3,(H,13,14). The van der Waals surface area contributed by atoms with Crippen molar-refractivity contribution in [1.82, 2.24) is 5.32 Å². The van der Waals surface area contributed by atoms with Gasteiger partial charge in [-0.1, -0.05) is 0 Å². The summed E-state index contributed by atoms with van der Waals surface area (Å²) in [5.41, 5.74) is 4.50. The van der Waals surface area contributed by atoms with Gasteiger partial charge in [-0.25, -0.2) is 13.6 Å². The molecule has 6 heteroatoms. The van der Waals surface area contributed by atoms with E-state index in [-0.39, 0.29) is 13.0 Å². The first kappa shape index (κ1) is 14.1. The Hall–Kier alpha value is -0.910. The number of carbonyl (C=O) groups is 1. The third-order valence-corrected chi connectivity index (χ3v) is 1.47. The van der Waals surface area contributed by atoms with Gasteiger partial charge in [0.15, 0.2) is 0 Å². The number of ether oxygens (including phenoxy) is 1. The number of halogens is 2. The molecule has 0 aliphatic carbocycles. The second-order valence-electron chi connectivity index (χ2n) is 4.22. The molecule has 0 rings (SSSR count).